The molecule has 2 aliphatic rings. The highest BCUT2D eigenvalue weighted by Crippen LogP contribution is 2.32. The molecule has 0 radical (unpaired) electrons. The Hall–Kier alpha value is -3.42. The standard InChI is InChI=1S/C21H27N3O.C3H4N2O2/c1-14(2)23-21-20(15(3)22)24-19(13-25-21)18-11-9-17(10-12-18)16-7-5-4-6-8-16;1-2-4-3(6)7-5-2/h9-12,16H,1,4-8,13,22H2,2-3H3;1H3,(H,4,5,6)/b20-15-,23-21?;. The summed E-state index contributed by atoms with van der Waals surface area (Å²) in [5.41, 5.74) is 11.2. The molecule has 2 aromatic rings. The molecule has 0 atom stereocenters. The molecular formula is C24H31N5O3. The first-order valence-corrected chi connectivity index (χ1v) is 10.9. The monoisotopic (exact) mass is 437 g/mol. The largest absolute Gasteiger partial charge is 0.470 e. The van der Waals surface area contributed by atoms with Crippen LogP contribution in [-0.4, -0.2) is 28.4 Å². The Morgan fingerprint density at radius 2 is 1.88 bits per heavy atom. The van der Waals surface area contributed by atoms with Crippen LogP contribution >= 0.6 is 0 Å². The number of aryl methyl sites for hydroxylation is 1. The van der Waals surface area contributed by atoms with Crippen molar-refractivity contribution in [2.75, 3.05) is 6.61 Å². The number of benzene rings is 1. The Morgan fingerprint density at radius 3 is 2.38 bits per heavy atom. The number of nitrogens with two attached hydrogens (primary N) is 1. The van der Waals surface area contributed by atoms with Gasteiger partial charge in [-0.3, -0.25) is 9.51 Å². The second kappa shape index (κ2) is 10.7. The number of H-pyrrole nitrogens is 1. The number of allylic oxidation sites excluding steroid dienone is 2. The van der Waals surface area contributed by atoms with Crippen molar-refractivity contribution in [2.24, 2.45) is 15.7 Å². The molecule has 170 valence electrons. The van der Waals surface area contributed by atoms with Crippen molar-refractivity contribution in [3.63, 3.8) is 0 Å². The Kier molecular flexibility index (Phi) is 7.81. The van der Waals surface area contributed by atoms with E-state index in [0.717, 1.165) is 11.3 Å². The summed E-state index contributed by atoms with van der Waals surface area (Å²) in [6.45, 7) is 9.47. The molecule has 4 rings (SSSR count). The molecule has 1 saturated carbocycles. The first-order chi connectivity index (χ1) is 15.3. The van der Waals surface area contributed by atoms with Crippen LogP contribution in [0.1, 0.15) is 68.8 Å². The van der Waals surface area contributed by atoms with Crippen molar-refractivity contribution in [1.29, 1.82) is 0 Å². The van der Waals surface area contributed by atoms with Crippen LogP contribution in [0.2, 0.25) is 0 Å². The molecule has 0 saturated heterocycles. The fourth-order valence-electron chi connectivity index (χ4n) is 3.77. The lowest BCUT2D eigenvalue weighted by Crippen LogP contribution is -2.24. The summed E-state index contributed by atoms with van der Waals surface area (Å²) >= 11 is 0. The Morgan fingerprint density at radius 1 is 1.19 bits per heavy atom. The van der Waals surface area contributed by atoms with Crippen LogP contribution in [0.25, 0.3) is 0 Å². The third kappa shape index (κ3) is 6.29. The van der Waals surface area contributed by atoms with E-state index in [1.807, 2.05) is 13.8 Å². The van der Waals surface area contributed by atoms with E-state index in [2.05, 4.69) is 50.5 Å². The van der Waals surface area contributed by atoms with Crippen LogP contribution in [0.15, 0.2) is 67.2 Å². The van der Waals surface area contributed by atoms with Gasteiger partial charge in [0.25, 0.3) is 0 Å². The third-order valence-electron chi connectivity index (χ3n) is 5.33. The number of hydrogen-bond donors (Lipinski definition) is 2. The lowest BCUT2D eigenvalue weighted by molar-refractivity contribution is 0.357. The van der Waals surface area contributed by atoms with Crippen LogP contribution in [0.5, 0.6) is 0 Å². The average molecular weight is 438 g/mol. The third-order valence-corrected chi connectivity index (χ3v) is 5.33. The first-order valence-electron chi connectivity index (χ1n) is 10.9. The second-order valence-corrected chi connectivity index (χ2v) is 8.17. The highest BCUT2D eigenvalue weighted by atomic mass is 16.5. The predicted octanol–water partition coefficient (Wildman–Crippen LogP) is 4.35. The van der Waals surface area contributed by atoms with Crippen LogP contribution < -0.4 is 11.5 Å². The number of hydrogen-bond acceptors (Lipinski definition) is 7. The number of rotatable bonds is 3. The highest BCUT2D eigenvalue weighted by molar-refractivity contribution is 6.09. The molecule has 32 heavy (non-hydrogen) atoms. The van der Waals surface area contributed by atoms with E-state index < -0.39 is 5.76 Å². The SMILES string of the molecule is C=C(C)N=C1OCC(c2ccc(C3CCCCC3)cc2)=N/C1=C(/C)N.Cc1noc(=O)[nH]1. The number of nitrogens with zero attached hydrogens (tertiary/aromatic N) is 3. The molecule has 3 N–H and O–H groups in total. The van der Waals surface area contributed by atoms with Gasteiger partial charge in [-0.1, -0.05) is 55.3 Å². The van der Waals surface area contributed by atoms with Crippen LogP contribution in [0.4, 0.5) is 0 Å². The molecule has 1 aliphatic heterocycles. The van der Waals surface area contributed by atoms with Gasteiger partial charge in [0, 0.05) is 11.4 Å². The van der Waals surface area contributed by atoms with Gasteiger partial charge in [0.05, 0.1) is 5.71 Å². The van der Waals surface area contributed by atoms with E-state index in [-0.39, 0.29) is 0 Å². The topological polar surface area (TPSA) is 119 Å². The number of ether oxygens (including phenoxy) is 1. The van der Waals surface area contributed by atoms with Crippen molar-refractivity contribution in [1.82, 2.24) is 10.1 Å². The molecule has 0 unspecified atom stereocenters. The normalized spacial score (nSPS) is 19.5. The quantitative estimate of drug-likeness (QED) is 0.740. The summed E-state index contributed by atoms with van der Waals surface area (Å²) in [5.74, 6) is 1.17. The lowest BCUT2D eigenvalue weighted by Gasteiger charge is -2.23. The fraction of sp³-hybridized carbons (Fsp3) is 0.417. The van der Waals surface area contributed by atoms with Gasteiger partial charge in [0.2, 0.25) is 5.90 Å². The van der Waals surface area contributed by atoms with Crippen LogP contribution in [-0.2, 0) is 4.74 Å². The number of nitrogens with one attached hydrogen (secondary N) is 1. The molecule has 1 fully saturated rings. The van der Waals surface area contributed by atoms with E-state index in [1.165, 1.54) is 37.7 Å². The molecule has 8 nitrogen and oxygen atoms in total. The summed E-state index contributed by atoms with van der Waals surface area (Å²) in [5, 5.41) is 3.27. The maximum absolute atomic E-state index is 10.0. The lowest BCUT2D eigenvalue weighted by atomic mass is 9.84. The van der Waals surface area contributed by atoms with Gasteiger partial charge in [-0.2, -0.15) is 0 Å². The fourth-order valence-corrected chi connectivity index (χ4v) is 3.77. The number of aliphatic imine (C=N–C) groups is 2. The molecular weight excluding hydrogens is 406 g/mol. The molecule has 0 spiro atoms. The van der Waals surface area contributed by atoms with Gasteiger partial charge in [0.1, 0.15) is 18.1 Å². The van der Waals surface area contributed by atoms with E-state index in [1.54, 1.807) is 6.92 Å². The zero-order valence-electron chi connectivity index (χ0n) is 19.0. The molecule has 1 aromatic heterocycles. The zero-order chi connectivity index (χ0) is 23.1. The van der Waals surface area contributed by atoms with Gasteiger partial charge in [-0.25, -0.2) is 14.8 Å². The van der Waals surface area contributed by atoms with Crippen molar-refractivity contribution < 1.29 is 9.26 Å². The van der Waals surface area contributed by atoms with Gasteiger partial charge in [-0.15, -0.1) is 0 Å². The van der Waals surface area contributed by atoms with E-state index >= 15 is 0 Å². The predicted molar refractivity (Wildman–Crippen MR) is 126 cm³/mol. The molecule has 0 amide bonds. The average Bonchev–Trinajstić information content (AvgIpc) is 3.17. The van der Waals surface area contributed by atoms with Crippen molar-refractivity contribution in [2.45, 2.75) is 58.8 Å². The van der Waals surface area contributed by atoms with Crippen molar-refractivity contribution >= 4 is 11.6 Å². The Bertz CT molecular complexity index is 1080. The van der Waals surface area contributed by atoms with Crippen LogP contribution in [0, 0.1) is 6.92 Å². The second-order valence-electron chi connectivity index (χ2n) is 8.17. The van der Waals surface area contributed by atoms with Gasteiger partial charge in [0.15, 0.2) is 0 Å². The smallest absolute Gasteiger partial charge is 0.438 e. The van der Waals surface area contributed by atoms with Gasteiger partial charge >= 0.3 is 5.76 Å². The molecule has 1 aromatic carbocycles. The first kappa shape index (κ1) is 23.2. The highest BCUT2D eigenvalue weighted by Gasteiger charge is 2.21. The molecule has 8 heteroatoms. The maximum Gasteiger partial charge on any atom is 0.438 e. The summed E-state index contributed by atoms with van der Waals surface area (Å²) in [6, 6.07) is 8.78. The molecule has 2 heterocycles. The summed E-state index contributed by atoms with van der Waals surface area (Å²) in [4.78, 5) is 21.3. The van der Waals surface area contributed by atoms with Gasteiger partial charge in [-0.05, 0) is 50.7 Å². The minimum Gasteiger partial charge on any atom is -0.470 e. The van der Waals surface area contributed by atoms with E-state index in [0.29, 0.717) is 41.3 Å². The molecule has 0 bridgehead atoms. The summed E-state index contributed by atoms with van der Waals surface area (Å²) in [6.07, 6.45) is 6.70. The Labute approximate surface area is 188 Å². The number of aromatic amines is 1. The van der Waals surface area contributed by atoms with Crippen molar-refractivity contribution in [3.05, 3.63) is 75.4 Å². The Balaban J connectivity index is 0.000000352. The van der Waals surface area contributed by atoms with Gasteiger partial charge < -0.3 is 10.5 Å². The van der Waals surface area contributed by atoms with Crippen LogP contribution in [0.3, 0.4) is 0 Å². The zero-order valence-corrected chi connectivity index (χ0v) is 19.0. The van der Waals surface area contributed by atoms with Crippen molar-refractivity contribution in [3.8, 4) is 0 Å². The summed E-state index contributed by atoms with van der Waals surface area (Å²) in [7, 11) is 0. The minimum absolute atomic E-state index is 0.395. The van der Waals surface area contributed by atoms with E-state index in [9.17, 15) is 4.79 Å². The maximum atomic E-state index is 10.0. The minimum atomic E-state index is -0.502. The summed E-state index contributed by atoms with van der Waals surface area (Å²) < 4.78 is 9.90. The number of aromatic nitrogens is 2. The molecule has 1 aliphatic carbocycles. The van der Waals surface area contributed by atoms with E-state index in [4.69, 9.17) is 15.5 Å².